The van der Waals surface area contributed by atoms with Crippen LogP contribution in [0.25, 0.3) is 17.2 Å². The second-order valence-electron chi connectivity index (χ2n) is 6.46. The zero-order chi connectivity index (χ0) is 22.5. The fourth-order valence-electron chi connectivity index (χ4n) is 3.03. The highest BCUT2D eigenvalue weighted by Gasteiger charge is 2.24. The van der Waals surface area contributed by atoms with Crippen LogP contribution in [0.2, 0.25) is 5.02 Å². The quantitative estimate of drug-likeness (QED) is 0.294. The first kappa shape index (κ1) is 23.1. The van der Waals surface area contributed by atoms with Gasteiger partial charge in [0.2, 0.25) is 5.91 Å². The number of carbonyl (C=O) groups is 2. The number of methoxy groups -OCH3 is 2. The molecule has 3 aromatic rings. The minimum absolute atomic E-state index is 0.307. The number of benzene rings is 2. The fraction of sp³-hybridized carbons (Fsp3) is 0.130. The molecule has 0 saturated heterocycles. The summed E-state index contributed by atoms with van der Waals surface area (Å²) in [5, 5.41) is 3.78. The van der Waals surface area contributed by atoms with Crippen LogP contribution in [0.5, 0.6) is 5.75 Å². The Hall–Kier alpha value is -2.61. The summed E-state index contributed by atoms with van der Waals surface area (Å²) in [5.74, 6) is -0.194. The molecule has 0 aliphatic carbocycles. The van der Waals surface area contributed by atoms with Gasteiger partial charge in [-0.1, -0.05) is 29.8 Å². The van der Waals surface area contributed by atoms with E-state index < -0.39 is 5.97 Å². The van der Waals surface area contributed by atoms with Crippen molar-refractivity contribution >= 4 is 61.8 Å². The molecular weight excluding hydrogens is 502 g/mol. The number of ether oxygens (including phenoxy) is 2. The second-order valence-corrected chi connectivity index (χ2v) is 8.97. The Morgan fingerprint density at radius 1 is 1.16 bits per heavy atom. The third-order valence-electron chi connectivity index (χ3n) is 4.43. The monoisotopic (exact) mass is 519 g/mol. The standard InChI is InChI=1S/C23H19BrClNO4S/c1-13-20(15-5-4-6-16(25)12-15)21(23(28)30-3)22(31-13)26-19(27)10-8-14-7-9-18(29-2)17(24)11-14/h4-12H,1-3H3,(H,26,27)/b10-8+. The predicted octanol–water partition coefficient (Wildman–Crippen LogP) is 6.59. The van der Waals surface area contributed by atoms with Crippen LogP contribution in [-0.4, -0.2) is 26.1 Å². The summed E-state index contributed by atoms with van der Waals surface area (Å²) in [5.41, 5.74) is 2.60. The van der Waals surface area contributed by atoms with Crippen molar-refractivity contribution in [1.29, 1.82) is 0 Å². The number of amides is 1. The molecule has 1 aromatic heterocycles. The molecule has 1 amide bonds. The highest BCUT2D eigenvalue weighted by atomic mass is 79.9. The van der Waals surface area contributed by atoms with Crippen molar-refractivity contribution in [3.8, 4) is 16.9 Å². The molecule has 0 aliphatic rings. The number of esters is 1. The van der Waals surface area contributed by atoms with E-state index in [2.05, 4.69) is 21.2 Å². The van der Waals surface area contributed by atoms with Crippen molar-refractivity contribution in [1.82, 2.24) is 0 Å². The van der Waals surface area contributed by atoms with E-state index in [0.29, 0.717) is 26.9 Å². The van der Waals surface area contributed by atoms with Gasteiger partial charge < -0.3 is 14.8 Å². The number of hydrogen-bond acceptors (Lipinski definition) is 5. The average Bonchev–Trinajstić information content (AvgIpc) is 3.07. The minimum Gasteiger partial charge on any atom is -0.496 e. The van der Waals surface area contributed by atoms with E-state index in [-0.39, 0.29) is 5.91 Å². The molecule has 160 valence electrons. The summed E-state index contributed by atoms with van der Waals surface area (Å²) in [7, 11) is 2.90. The molecule has 0 aliphatic heterocycles. The van der Waals surface area contributed by atoms with E-state index in [1.807, 2.05) is 31.2 Å². The highest BCUT2D eigenvalue weighted by Crippen LogP contribution is 2.41. The SMILES string of the molecule is COC(=O)c1c(NC(=O)/C=C/c2ccc(OC)c(Br)c2)sc(C)c1-c1cccc(Cl)c1. The summed E-state index contributed by atoms with van der Waals surface area (Å²) in [4.78, 5) is 26.0. The molecule has 0 bridgehead atoms. The first-order valence-corrected chi connectivity index (χ1v) is 11.1. The van der Waals surface area contributed by atoms with Crippen molar-refractivity contribution in [3.63, 3.8) is 0 Å². The van der Waals surface area contributed by atoms with Crippen molar-refractivity contribution < 1.29 is 19.1 Å². The molecular formula is C23H19BrClNO4S. The maximum Gasteiger partial charge on any atom is 0.341 e. The maximum atomic E-state index is 12.6. The Balaban J connectivity index is 1.90. The van der Waals surface area contributed by atoms with Gasteiger partial charge in [0.1, 0.15) is 16.3 Å². The van der Waals surface area contributed by atoms with Gasteiger partial charge in [-0.05, 0) is 64.3 Å². The Morgan fingerprint density at radius 3 is 2.58 bits per heavy atom. The molecule has 5 nitrogen and oxygen atoms in total. The topological polar surface area (TPSA) is 64.6 Å². The normalized spacial score (nSPS) is 10.9. The fourth-order valence-corrected chi connectivity index (χ4v) is 4.85. The first-order chi connectivity index (χ1) is 14.8. The smallest absolute Gasteiger partial charge is 0.341 e. The Labute approximate surface area is 197 Å². The van der Waals surface area contributed by atoms with Crippen molar-refractivity contribution in [2.45, 2.75) is 6.92 Å². The van der Waals surface area contributed by atoms with Crippen LogP contribution in [0.1, 0.15) is 20.8 Å². The third-order valence-corrected chi connectivity index (χ3v) is 6.30. The summed E-state index contributed by atoms with van der Waals surface area (Å²) in [6.45, 7) is 1.88. The molecule has 1 N–H and O–H groups in total. The van der Waals surface area contributed by atoms with E-state index in [4.69, 9.17) is 21.1 Å². The van der Waals surface area contributed by atoms with Crippen LogP contribution in [0.4, 0.5) is 5.00 Å². The number of hydrogen-bond donors (Lipinski definition) is 1. The van der Waals surface area contributed by atoms with Crippen LogP contribution >= 0.6 is 38.9 Å². The van der Waals surface area contributed by atoms with Gasteiger partial charge in [-0.2, -0.15) is 0 Å². The van der Waals surface area contributed by atoms with Gasteiger partial charge in [-0.3, -0.25) is 4.79 Å². The molecule has 0 radical (unpaired) electrons. The molecule has 31 heavy (non-hydrogen) atoms. The van der Waals surface area contributed by atoms with E-state index in [1.54, 1.807) is 31.4 Å². The van der Waals surface area contributed by atoms with Gasteiger partial charge in [-0.15, -0.1) is 11.3 Å². The zero-order valence-corrected chi connectivity index (χ0v) is 20.2. The number of nitrogens with one attached hydrogen (secondary N) is 1. The second kappa shape index (κ2) is 10.1. The molecule has 0 fully saturated rings. The minimum atomic E-state index is -0.530. The highest BCUT2D eigenvalue weighted by molar-refractivity contribution is 9.10. The third kappa shape index (κ3) is 5.36. The van der Waals surface area contributed by atoms with Crippen LogP contribution in [0.15, 0.2) is 53.0 Å². The van der Waals surface area contributed by atoms with E-state index >= 15 is 0 Å². The number of anilines is 1. The van der Waals surface area contributed by atoms with Gasteiger partial charge in [0.15, 0.2) is 0 Å². The van der Waals surface area contributed by atoms with E-state index in [9.17, 15) is 9.59 Å². The predicted molar refractivity (Wildman–Crippen MR) is 129 cm³/mol. The van der Waals surface area contributed by atoms with Gasteiger partial charge in [0, 0.05) is 21.5 Å². The molecule has 1 heterocycles. The number of aryl methyl sites for hydroxylation is 1. The summed E-state index contributed by atoms with van der Waals surface area (Å²) in [6.07, 6.45) is 3.08. The summed E-state index contributed by atoms with van der Waals surface area (Å²) >= 11 is 10.9. The summed E-state index contributed by atoms with van der Waals surface area (Å²) < 4.78 is 11.0. The first-order valence-electron chi connectivity index (χ1n) is 9.14. The Morgan fingerprint density at radius 2 is 1.94 bits per heavy atom. The van der Waals surface area contributed by atoms with Crippen molar-refractivity contribution in [2.75, 3.05) is 19.5 Å². The molecule has 0 saturated carbocycles. The maximum absolute atomic E-state index is 12.6. The van der Waals surface area contributed by atoms with Crippen LogP contribution < -0.4 is 10.1 Å². The van der Waals surface area contributed by atoms with E-state index in [1.165, 1.54) is 24.5 Å². The number of thiophene rings is 1. The molecule has 0 spiro atoms. The van der Waals surface area contributed by atoms with Crippen LogP contribution in [0, 0.1) is 6.92 Å². The van der Waals surface area contributed by atoms with Gasteiger partial charge >= 0.3 is 5.97 Å². The van der Waals surface area contributed by atoms with E-state index in [0.717, 1.165) is 20.5 Å². The van der Waals surface area contributed by atoms with Gasteiger partial charge in [-0.25, -0.2) is 4.79 Å². The van der Waals surface area contributed by atoms with Gasteiger partial charge in [0.05, 0.1) is 18.7 Å². The molecule has 8 heteroatoms. The van der Waals surface area contributed by atoms with Crippen LogP contribution in [-0.2, 0) is 9.53 Å². The lowest BCUT2D eigenvalue weighted by atomic mass is 10.0. The summed E-state index contributed by atoms with van der Waals surface area (Å²) in [6, 6.07) is 12.7. The molecule has 0 unspecified atom stereocenters. The average molecular weight is 521 g/mol. The van der Waals surface area contributed by atoms with Crippen LogP contribution in [0.3, 0.4) is 0 Å². The zero-order valence-electron chi connectivity index (χ0n) is 17.0. The van der Waals surface area contributed by atoms with Gasteiger partial charge in [0.25, 0.3) is 0 Å². The van der Waals surface area contributed by atoms with Crippen molar-refractivity contribution in [3.05, 3.63) is 74.0 Å². The molecule has 0 atom stereocenters. The Bertz CT molecular complexity index is 1170. The molecule has 3 rings (SSSR count). The lowest BCUT2D eigenvalue weighted by molar-refractivity contribution is -0.111. The number of carbonyl (C=O) groups excluding carboxylic acids is 2. The number of halogens is 2. The lowest BCUT2D eigenvalue weighted by Gasteiger charge is -2.08. The largest absolute Gasteiger partial charge is 0.496 e. The lowest BCUT2D eigenvalue weighted by Crippen LogP contribution is -2.11. The molecule has 2 aromatic carbocycles. The Kier molecular flexibility index (Phi) is 7.54. The van der Waals surface area contributed by atoms with Crippen molar-refractivity contribution in [2.24, 2.45) is 0 Å². The number of rotatable bonds is 6.